The molecule has 1 aliphatic heterocycles. The number of carbonyl (C=O) groups is 1. The van der Waals surface area contributed by atoms with Gasteiger partial charge in [-0.1, -0.05) is 30.7 Å². The van der Waals surface area contributed by atoms with Crippen LogP contribution in [0, 0.1) is 0 Å². The fraction of sp³-hybridized carbons (Fsp3) is 0.238. The van der Waals surface area contributed by atoms with Gasteiger partial charge in [-0.25, -0.2) is 4.68 Å². The highest BCUT2D eigenvalue weighted by molar-refractivity contribution is 6.30. The summed E-state index contributed by atoms with van der Waals surface area (Å²) in [6.45, 7) is 4.15. The largest absolute Gasteiger partial charge is 0.454 e. The number of fused-ring (bicyclic) bond motifs is 1. The van der Waals surface area contributed by atoms with E-state index >= 15 is 0 Å². The number of nitrogens with one attached hydrogen (secondary N) is 1. The summed E-state index contributed by atoms with van der Waals surface area (Å²) in [5, 5.41) is 8.07. The lowest BCUT2D eigenvalue weighted by atomic mass is 10.1. The monoisotopic (exact) mass is 397 g/mol. The second-order valence-electron chi connectivity index (χ2n) is 6.56. The van der Waals surface area contributed by atoms with E-state index in [1.165, 1.54) is 0 Å². The number of rotatable bonds is 5. The zero-order valence-corrected chi connectivity index (χ0v) is 16.4. The van der Waals surface area contributed by atoms with E-state index in [0.29, 0.717) is 22.8 Å². The Kier molecular flexibility index (Phi) is 4.96. The van der Waals surface area contributed by atoms with Crippen molar-refractivity contribution in [2.45, 2.75) is 26.3 Å². The van der Waals surface area contributed by atoms with Gasteiger partial charge in [0.15, 0.2) is 11.5 Å². The van der Waals surface area contributed by atoms with Crippen molar-refractivity contribution in [1.29, 1.82) is 0 Å². The van der Waals surface area contributed by atoms with Gasteiger partial charge in [-0.3, -0.25) is 4.79 Å². The molecule has 2 heterocycles. The van der Waals surface area contributed by atoms with Gasteiger partial charge < -0.3 is 14.8 Å². The molecule has 1 N–H and O–H groups in total. The first-order valence-corrected chi connectivity index (χ1v) is 9.48. The van der Waals surface area contributed by atoms with Crippen LogP contribution in [0.5, 0.6) is 11.5 Å². The molecule has 0 bridgehead atoms. The van der Waals surface area contributed by atoms with Crippen LogP contribution in [0.15, 0.2) is 48.7 Å². The topological polar surface area (TPSA) is 65.4 Å². The Balaban J connectivity index is 1.56. The number of aromatic nitrogens is 2. The standard InChI is InChI=1S/C21H20ClN3O3/c1-3-18-17(11-23-25(18)16-6-4-5-15(22)10-16)21(26)24-13(2)14-7-8-19-20(9-14)28-12-27-19/h4-11,13H,3,12H2,1-2H3,(H,24,26). The van der Waals surface area contributed by atoms with Crippen LogP contribution in [0.4, 0.5) is 0 Å². The molecule has 6 nitrogen and oxygen atoms in total. The van der Waals surface area contributed by atoms with Crippen molar-refractivity contribution in [3.63, 3.8) is 0 Å². The van der Waals surface area contributed by atoms with Gasteiger partial charge in [0.1, 0.15) is 0 Å². The van der Waals surface area contributed by atoms with E-state index in [1.54, 1.807) is 16.9 Å². The number of carbonyl (C=O) groups excluding carboxylic acids is 1. The summed E-state index contributed by atoms with van der Waals surface area (Å²) in [7, 11) is 0. The molecule has 4 rings (SSSR count). The van der Waals surface area contributed by atoms with Crippen molar-refractivity contribution in [3.8, 4) is 17.2 Å². The van der Waals surface area contributed by atoms with Gasteiger partial charge in [-0.2, -0.15) is 5.10 Å². The van der Waals surface area contributed by atoms with E-state index in [0.717, 1.165) is 22.7 Å². The predicted octanol–water partition coefficient (Wildman–Crippen LogP) is 4.31. The Morgan fingerprint density at radius 3 is 2.86 bits per heavy atom. The summed E-state index contributed by atoms with van der Waals surface area (Å²) >= 11 is 6.10. The van der Waals surface area contributed by atoms with Crippen LogP contribution in [0.3, 0.4) is 0 Å². The summed E-state index contributed by atoms with van der Waals surface area (Å²) < 4.78 is 12.5. The molecule has 144 valence electrons. The number of nitrogens with zero attached hydrogens (tertiary/aromatic N) is 2. The van der Waals surface area contributed by atoms with Crippen LogP contribution in [-0.2, 0) is 6.42 Å². The molecule has 0 radical (unpaired) electrons. The van der Waals surface area contributed by atoms with Crippen molar-refractivity contribution < 1.29 is 14.3 Å². The summed E-state index contributed by atoms with van der Waals surface area (Å²) in [5.41, 5.74) is 3.15. The first-order valence-electron chi connectivity index (χ1n) is 9.10. The van der Waals surface area contributed by atoms with Crippen molar-refractivity contribution in [2.24, 2.45) is 0 Å². The van der Waals surface area contributed by atoms with Gasteiger partial charge in [0.05, 0.1) is 29.2 Å². The molecular formula is C21H20ClN3O3. The number of amides is 1. The highest BCUT2D eigenvalue weighted by Crippen LogP contribution is 2.34. The Hall–Kier alpha value is -2.99. The molecule has 1 unspecified atom stereocenters. The molecule has 0 aliphatic carbocycles. The van der Waals surface area contributed by atoms with Crippen molar-refractivity contribution in [3.05, 3.63) is 70.5 Å². The summed E-state index contributed by atoms with van der Waals surface area (Å²) in [6, 6.07) is 12.9. The molecule has 1 aromatic heterocycles. The van der Waals surface area contributed by atoms with Gasteiger partial charge in [0, 0.05) is 5.02 Å². The molecule has 0 saturated heterocycles. The SMILES string of the molecule is CCc1c(C(=O)NC(C)c2ccc3c(c2)OCO3)cnn1-c1cccc(Cl)c1. The molecule has 2 aromatic carbocycles. The van der Waals surface area contributed by atoms with E-state index in [4.69, 9.17) is 21.1 Å². The van der Waals surface area contributed by atoms with Crippen LogP contribution < -0.4 is 14.8 Å². The Morgan fingerprint density at radius 2 is 2.07 bits per heavy atom. The number of hydrogen-bond acceptors (Lipinski definition) is 4. The lowest BCUT2D eigenvalue weighted by Gasteiger charge is -2.15. The van der Waals surface area contributed by atoms with E-state index in [9.17, 15) is 4.79 Å². The maximum absolute atomic E-state index is 12.9. The summed E-state index contributed by atoms with van der Waals surface area (Å²) in [5.74, 6) is 1.25. The highest BCUT2D eigenvalue weighted by Gasteiger charge is 2.21. The van der Waals surface area contributed by atoms with Gasteiger partial charge in [0.25, 0.3) is 5.91 Å². The van der Waals surface area contributed by atoms with Crippen LogP contribution in [0.2, 0.25) is 5.02 Å². The van der Waals surface area contributed by atoms with Crippen LogP contribution in [0.25, 0.3) is 5.69 Å². The highest BCUT2D eigenvalue weighted by atomic mass is 35.5. The van der Waals surface area contributed by atoms with E-state index in [-0.39, 0.29) is 18.7 Å². The van der Waals surface area contributed by atoms with Crippen molar-refractivity contribution in [1.82, 2.24) is 15.1 Å². The minimum atomic E-state index is -0.193. The van der Waals surface area contributed by atoms with Gasteiger partial charge in [0.2, 0.25) is 6.79 Å². The summed E-state index contributed by atoms with van der Waals surface area (Å²) in [6.07, 6.45) is 2.26. The molecule has 3 aromatic rings. The average Bonchev–Trinajstić information content (AvgIpc) is 3.33. The number of ether oxygens (including phenoxy) is 2. The Bertz CT molecular complexity index is 1030. The second kappa shape index (κ2) is 7.56. The Morgan fingerprint density at radius 1 is 1.25 bits per heavy atom. The van der Waals surface area contributed by atoms with Crippen LogP contribution in [0.1, 0.15) is 41.5 Å². The lowest BCUT2D eigenvalue weighted by Crippen LogP contribution is -2.27. The number of halogens is 1. The molecule has 28 heavy (non-hydrogen) atoms. The molecule has 0 fully saturated rings. The third kappa shape index (κ3) is 3.43. The maximum Gasteiger partial charge on any atom is 0.255 e. The average molecular weight is 398 g/mol. The third-order valence-corrected chi connectivity index (χ3v) is 4.98. The molecule has 1 amide bonds. The van der Waals surface area contributed by atoms with Gasteiger partial charge in [-0.05, 0) is 49.2 Å². The minimum Gasteiger partial charge on any atom is -0.454 e. The first-order chi connectivity index (χ1) is 13.6. The maximum atomic E-state index is 12.9. The number of benzene rings is 2. The Labute approximate surface area is 168 Å². The normalized spacial score (nSPS) is 13.4. The zero-order chi connectivity index (χ0) is 19.7. The molecule has 0 spiro atoms. The fourth-order valence-corrected chi connectivity index (χ4v) is 3.46. The fourth-order valence-electron chi connectivity index (χ4n) is 3.27. The number of hydrogen-bond donors (Lipinski definition) is 1. The molecule has 1 aliphatic rings. The third-order valence-electron chi connectivity index (χ3n) is 4.75. The summed E-state index contributed by atoms with van der Waals surface area (Å²) in [4.78, 5) is 12.9. The molecule has 7 heteroatoms. The predicted molar refractivity (Wildman–Crippen MR) is 106 cm³/mol. The molecule has 0 saturated carbocycles. The zero-order valence-electron chi connectivity index (χ0n) is 15.6. The second-order valence-corrected chi connectivity index (χ2v) is 6.99. The lowest BCUT2D eigenvalue weighted by molar-refractivity contribution is 0.0939. The van der Waals surface area contributed by atoms with E-state index in [2.05, 4.69) is 10.4 Å². The minimum absolute atomic E-state index is 0.171. The van der Waals surface area contributed by atoms with Crippen molar-refractivity contribution >= 4 is 17.5 Å². The van der Waals surface area contributed by atoms with E-state index < -0.39 is 0 Å². The van der Waals surface area contributed by atoms with Gasteiger partial charge in [-0.15, -0.1) is 0 Å². The molecule has 1 atom stereocenters. The van der Waals surface area contributed by atoms with E-state index in [1.807, 2.05) is 50.2 Å². The van der Waals surface area contributed by atoms with Crippen LogP contribution >= 0.6 is 11.6 Å². The van der Waals surface area contributed by atoms with Crippen LogP contribution in [-0.4, -0.2) is 22.5 Å². The van der Waals surface area contributed by atoms with Crippen molar-refractivity contribution in [2.75, 3.05) is 6.79 Å². The smallest absolute Gasteiger partial charge is 0.255 e. The quantitative estimate of drug-likeness (QED) is 0.696. The van der Waals surface area contributed by atoms with Gasteiger partial charge >= 0.3 is 0 Å². The first kappa shape index (κ1) is 18.4. The molecular weight excluding hydrogens is 378 g/mol.